The first-order valence-electron chi connectivity index (χ1n) is 10.8. The molecule has 1 atom stereocenters. The van der Waals surface area contributed by atoms with Crippen LogP contribution >= 0.6 is 0 Å². The van der Waals surface area contributed by atoms with E-state index >= 15 is 0 Å². The Bertz CT molecular complexity index is 1290. The number of benzene rings is 3. The molecule has 5 nitrogen and oxygen atoms in total. The summed E-state index contributed by atoms with van der Waals surface area (Å²) in [6, 6.07) is 21.6. The minimum absolute atomic E-state index is 0.00387. The van der Waals surface area contributed by atoms with Crippen molar-refractivity contribution >= 4 is 16.8 Å². The molecule has 4 aromatic rings. The number of fused-ring (bicyclic) bond motifs is 3. The second-order valence-electron chi connectivity index (χ2n) is 8.16. The molecule has 0 fully saturated rings. The van der Waals surface area contributed by atoms with Crippen molar-refractivity contribution in [3.8, 4) is 11.5 Å². The molecule has 1 N–H and O–H groups in total. The number of amides is 1. The van der Waals surface area contributed by atoms with Gasteiger partial charge in [-0.25, -0.2) is 0 Å². The number of nitrogens with zero attached hydrogens (tertiary/aromatic N) is 1. The molecule has 0 aliphatic carbocycles. The lowest BCUT2D eigenvalue weighted by Gasteiger charge is -2.37. The van der Waals surface area contributed by atoms with Gasteiger partial charge in [-0.1, -0.05) is 48.0 Å². The van der Waals surface area contributed by atoms with Crippen LogP contribution in [0.2, 0.25) is 0 Å². The van der Waals surface area contributed by atoms with Crippen molar-refractivity contribution in [3.05, 3.63) is 94.7 Å². The number of aromatic amines is 1. The van der Waals surface area contributed by atoms with Gasteiger partial charge in [0.25, 0.3) is 5.91 Å². The largest absolute Gasteiger partial charge is 0.493 e. The predicted octanol–water partition coefficient (Wildman–Crippen LogP) is 5.28. The van der Waals surface area contributed by atoms with E-state index in [1.807, 2.05) is 60.4 Å². The third-order valence-electron chi connectivity index (χ3n) is 6.32. The maximum Gasteiger partial charge on any atom is 0.254 e. The standard InChI is InChI=1S/C27H26N2O3/c1-17-11-13-18(14-12-17)27(30)29-16-15-20-19-7-4-5-9-22(19)28-24(20)25(29)21-8-6-10-23(31-2)26(21)32-3/h4-14,25,28H,15-16H2,1-3H3/t25-/m1/s1. The Labute approximate surface area is 187 Å². The molecule has 5 rings (SSSR count). The molecular formula is C27H26N2O3. The second kappa shape index (κ2) is 8.08. The molecule has 162 valence electrons. The molecule has 32 heavy (non-hydrogen) atoms. The quantitative estimate of drug-likeness (QED) is 0.483. The number of H-pyrrole nitrogens is 1. The van der Waals surface area contributed by atoms with E-state index in [9.17, 15) is 4.79 Å². The molecule has 1 amide bonds. The molecule has 0 bridgehead atoms. The number of hydrogen-bond acceptors (Lipinski definition) is 3. The fraction of sp³-hybridized carbons (Fsp3) is 0.222. The van der Waals surface area contributed by atoms with Crippen LogP contribution in [0.4, 0.5) is 0 Å². The van der Waals surface area contributed by atoms with Crippen LogP contribution < -0.4 is 9.47 Å². The van der Waals surface area contributed by atoms with Gasteiger partial charge in [-0.15, -0.1) is 0 Å². The van der Waals surface area contributed by atoms with Crippen LogP contribution in [0.3, 0.4) is 0 Å². The van der Waals surface area contributed by atoms with E-state index in [4.69, 9.17) is 9.47 Å². The van der Waals surface area contributed by atoms with Gasteiger partial charge in [-0.3, -0.25) is 4.79 Å². The number of methoxy groups -OCH3 is 2. The summed E-state index contributed by atoms with van der Waals surface area (Å²) in [5.74, 6) is 1.30. The number of para-hydroxylation sites is 2. The lowest BCUT2D eigenvalue weighted by molar-refractivity contribution is 0.0690. The van der Waals surface area contributed by atoms with Gasteiger partial charge in [0.1, 0.15) is 6.04 Å². The Morgan fingerprint density at radius 1 is 0.969 bits per heavy atom. The molecule has 0 spiro atoms. The lowest BCUT2D eigenvalue weighted by Crippen LogP contribution is -2.40. The normalized spacial score (nSPS) is 15.5. The lowest BCUT2D eigenvalue weighted by atomic mass is 9.91. The van der Waals surface area contributed by atoms with Crippen LogP contribution in [0.25, 0.3) is 10.9 Å². The average molecular weight is 427 g/mol. The van der Waals surface area contributed by atoms with Crippen molar-refractivity contribution in [1.82, 2.24) is 9.88 Å². The van der Waals surface area contributed by atoms with E-state index < -0.39 is 0 Å². The number of carbonyl (C=O) groups excluding carboxylic acids is 1. The molecule has 0 radical (unpaired) electrons. The van der Waals surface area contributed by atoms with Crippen molar-refractivity contribution in [1.29, 1.82) is 0 Å². The minimum Gasteiger partial charge on any atom is -0.493 e. The van der Waals surface area contributed by atoms with E-state index in [0.29, 0.717) is 23.6 Å². The van der Waals surface area contributed by atoms with E-state index in [2.05, 4.69) is 23.2 Å². The highest BCUT2D eigenvalue weighted by molar-refractivity contribution is 5.95. The highest BCUT2D eigenvalue weighted by atomic mass is 16.5. The molecule has 1 aromatic heterocycles. The molecule has 3 aromatic carbocycles. The first kappa shape index (κ1) is 20.2. The van der Waals surface area contributed by atoms with Crippen molar-refractivity contribution in [2.75, 3.05) is 20.8 Å². The first-order valence-corrected chi connectivity index (χ1v) is 10.8. The number of hydrogen-bond donors (Lipinski definition) is 1. The number of aromatic nitrogens is 1. The van der Waals surface area contributed by atoms with Gasteiger partial charge in [0.2, 0.25) is 0 Å². The summed E-state index contributed by atoms with van der Waals surface area (Å²) in [6.45, 7) is 2.64. The van der Waals surface area contributed by atoms with Gasteiger partial charge in [0.15, 0.2) is 11.5 Å². The highest BCUT2D eigenvalue weighted by Gasteiger charge is 2.37. The fourth-order valence-corrected chi connectivity index (χ4v) is 4.77. The predicted molar refractivity (Wildman–Crippen MR) is 126 cm³/mol. The third kappa shape index (κ3) is 3.21. The second-order valence-corrected chi connectivity index (χ2v) is 8.16. The van der Waals surface area contributed by atoms with Gasteiger partial charge < -0.3 is 19.4 Å². The van der Waals surface area contributed by atoms with Crippen LogP contribution in [-0.2, 0) is 6.42 Å². The van der Waals surface area contributed by atoms with E-state index in [-0.39, 0.29) is 11.9 Å². The van der Waals surface area contributed by atoms with Crippen molar-refractivity contribution in [2.45, 2.75) is 19.4 Å². The summed E-state index contributed by atoms with van der Waals surface area (Å²) in [6.07, 6.45) is 0.791. The SMILES string of the molecule is COc1cccc([C@@H]2c3[nH]c4ccccc4c3CCN2C(=O)c2ccc(C)cc2)c1OC. The van der Waals surface area contributed by atoms with Crippen LogP contribution in [-0.4, -0.2) is 36.6 Å². The molecular weight excluding hydrogens is 400 g/mol. The third-order valence-corrected chi connectivity index (χ3v) is 6.32. The van der Waals surface area contributed by atoms with Crippen LogP contribution in [0.5, 0.6) is 11.5 Å². The Balaban J connectivity index is 1.71. The molecule has 1 aliphatic rings. The Kier molecular flexibility index (Phi) is 5.10. The zero-order chi connectivity index (χ0) is 22.2. The number of carbonyl (C=O) groups is 1. The maximum atomic E-state index is 13.7. The van der Waals surface area contributed by atoms with Crippen molar-refractivity contribution in [2.24, 2.45) is 0 Å². The topological polar surface area (TPSA) is 54.6 Å². The van der Waals surface area contributed by atoms with Crippen molar-refractivity contribution < 1.29 is 14.3 Å². The Morgan fingerprint density at radius 3 is 2.50 bits per heavy atom. The van der Waals surface area contributed by atoms with Gasteiger partial charge in [0.05, 0.1) is 14.2 Å². The fourth-order valence-electron chi connectivity index (χ4n) is 4.77. The zero-order valence-electron chi connectivity index (χ0n) is 18.5. The van der Waals surface area contributed by atoms with Crippen LogP contribution in [0.15, 0.2) is 66.7 Å². The average Bonchev–Trinajstić information content (AvgIpc) is 3.21. The highest BCUT2D eigenvalue weighted by Crippen LogP contribution is 2.44. The van der Waals surface area contributed by atoms with Gasteiger partial charge in [-0.2, -0.15) is 0 Å². The van der Waals surface area contributed by atoms with E-state index in [0.717, 1.165) is 28.8 Å². The summed E-state index contributed by atoms with van der Waals surface area (Å²) in [7, 11) is 3.27. The smallest absolute Gasteiger partial charge is 0.254 e. The Morgan fingerprint density at radius 2 is 1.75 bits per heavy atom. The summed E-state index contributed by atoms with van der Waals surface area (Å²) < 4.78 is 11.4. The summed E-state index contributed by atoms with van der Waals surface area (Å²) in [5.41, 5.74) is 6.08. The monoisotopic (exact) mass is 426 g/mol. The van der Waals surface area contributed by atoms with Crippen molar-refractivity contribution in [3.63, 3.8) is 0 Å². The van der Waals surface area contributed by atoms with Crippen LogP contribution in [0.1, 0.15) is 38.8 Å². The molecule has 0 saturated carbocycles. The molecule has 2 heterocycles. The molecule has 1 aliphatic heterocycles. The zero-order valence-corrected chi connectivity index (χ0v) is 18.5. The molecule has 0 saturated heterocycles. The van der Waals surface area contributed by atoms with Gasteiger partial charge >= 0.3 is 0 Å². The Hall–Kier alpha value is -3.73. The number of aryl methyl sites for hydroxylation is 1. The maximum absolute atomic E-state index is 13.7. The van der Waals surface area contributed by atoms with Gasteiger partial charge in [-0.05, 0) is 43.2 Å². The molecule has 5 heteroatoms. The summed E-state index contributed by atoms with van der Waals surface area (Å²) in [4.78, 5) is 19.3. The number of ether oxygens (including phenoxy) is 2. The summed E-state index contributed by atoms with van der Waals surface area (Å²) >= 11 is 0. The van der Waals surface area contributed by atoms with Gasteiger partial charge in [0, 0.05) is 34.3 Å². The minimum atomic E-state index is -0.315. The van der Waals surface area contributed by atoms with E-state index in [1.165, 1.54) is 10.9 Å². The number of rotatable bonds is 4. The van der Waals surface area contributed by atoms with E-state index in [1.54, 1.807) is 14.2 Å². The molecule has 0 unspecified atom stereocenters. The van der Waals surface area contributed by atoms with Crippen LogP contribution in [0, 0.1) is 6.92 Å². The number of nitrogens with one attached hydrogen (secondary N) is 1. The first-order chi connectivity index (χ1) is 15.6. The summed E-state index contributed by atoms with van der Waals surface area (Å²) in [5, 5.41) is 1.21.